The number of aromatic nitrogens is 3. The van der Waals surface area contributed by atoms with E-state index in [1.54, 1.807) is 0 Å². The lowest BCUT2D eigenvalue weighted by atomic mass is 10.1. The van der Waals surface area contributed by atoms with E-state index in [4.69, 9.17) is 5.73 Å². The maximum absolute atomic E-state index is 12.2. The summed E-state index contributed by atoms with van der Waals surface area (Å²) in [5.41, 5.74) is 11.0. The number of nitrogens with zero attached hydrogens (tertiary/aromatic N) is 3. The summed E-state index contributed by atoms with van der Waals surface area (Å²) in [6, 6.07) is 10.4. The fraction of sp³-hybridized carbons (Fsp3) is 0.381. The molecule has 4 rings (SSSR count). The zero-order chi connectivity index (χ0) is 19.8. The minimum Gasteiger partial charge on any atom is -0.382 e. The van der Waals surface area contributed by atoms with E-state index in [0.29, 0.717) is 24.8 Å². The van der Waals surface area contributed by atoms with Crippen molar-refractivity contribution in [1.29, 1.82) is 0 Å². The number of hydrogen-bond donors (Lipinski definition) is 3. The zero-order valence-corrected chi connectivity index (χ0v) is 16.5. The van der Waals surface area contributed by atoms with Gasteiger partial charge in [0, 0.05) is 30.7 Å². The summed E-state index contributed by atoms with van der Waals surface area (Å²) in [4.78, 5) is 21.2. The first-order chi connectivity index (χ1) is 13.5. The fourth-order valence-electron chi connectivity index (χ4n) is 3.81. The molecule has 1 aliphatic carbocycles. The van der Waals surface area contributed by atoms with E-state index in [-0.39, 0.29) is 12.1 Å². The molecular weight excluding hydrogens is 352 g/mol. The minimum atomic E-state index is -0.125. The third-order valence-corrected chi connectivity index (χ3v) is 5.54. The number of amides is 2. The Morgan fingerprint density at radius 1 is 1.21 bits per heavy atom. The van der Waals surface area contributed by atoms with Crippen LogP contribution >= 0.6 is 0 Å². The number of nitrogen functional groups attached to an aromatic ring is 1. The van der Waals surface area contributed by atoms with Crippen molar-refractivity contribution in [1.82, 2.24) is 25.2 Å². The summed E-state index contributed by atoms with van der Waals surface area (Å²) >= 11 is 0. The Kier molecular flexibility index (Phi) is 4.66. The van der Waals surface area contributed by atoms with E-state index in [2.05, 4.69) is 37.3 Å². The van der Waals surface area contributed by atoms with Gasteiger partial charge < -0.3 is 20.9 Å². The molecule has 7 heteroatoms. The molecule has 28 heavy (non-hydrogen) atoms. The molecule has 1 aliphatic rings. The van der Waals surface area contributed by atoms with Gasteiger partial charge in [0.2, 0.25) is 0 Å². The maximum atomic E-state index is 12.2. The molecule has 0 radical (unpaired) electrons. The monoisotopic (exact) mass is 378 g/mol. The number of benzene rings is 1. The van der Waals surface area contributed by atoms with Crippen LogP contribution in [0.5, 0.6) is 0 Å². The van der Waals surface area contributed by atoms with Crippen molar-refractivity contribution in [2.24, 2.45) is 0 Å². The van der Waals surface area contributed by atoms with Crippen LogP contribution in [-0.4, -0.2) is 33.2 Å². The standard InChI is InChI=1S/C21H26N6O/c1-12-13(2)24-20(22)18-19(12)27(14(3)25-18)10-9-23-21(28)26-17-11-16(17)15-7-5-4-6-8-15/h4-8,16-17H,9-11H2,1-3H3,(H2,22,24)(H2,23,26,28)/t16-,17+/m0/s1. The number of imidazole rings is 1. The van der Waals surface area contributed by atoms with Crippen LogP contribution in [0.4, 0.5) is 10.6 Å². The second-order valence-electron chi connectivity index (χ2n) is 7.47. The van der Waals surface area contributed by atoms with Gasteiger partial charge in [0.15, 0.2) is 5.82 Å². The smallest absolute Gasteiger partial charge is 0.315 e. The summed E-state index contributed by atoms with van der Waals surface area (Å²) in [6.45, 7) is 7.07. The molecule has 0 unspecified atom stereocenters. The number of nitrogens with two attached hydrogens (primary N) is 1. The first-order valence-corrected chi connectivity index (χ1v) is 9.64. The number of rotatable bonds is 5. The Bertz CT molecular complexity index is 1030. The van der Waals surface area contributed by atoms with Crippen LogP contribution in [-0.2, 0) is 6.54 Å². The Balaban J connectivity index is 1.36. The zero-order valence-electron chi connectivity index (χ0n) is 16.5. The first-order valence-electron chi connectivity index (χ1n) is 9.64. The fourth-order valence-corrected chi connectivity index (χ4v) is 3.81. The van der Waals surface area contributed by atoms with Gasteiger partial charge in [0.05, 0.1) is 5.52 Å². The van der Waals surface area contributed by atoms with Gasteiger partial charge in [-0.1, -0.05) is 30.3 Å². The molecule has 0 spiro atoms. The molecular formula is C21H26N6O. The average molecular weight is 378 g/mol. The number of carbonyl (C=O) groups excluding carboxylic acids is 1. The molecule has 2 atom stereocenters. The highest BCUT2D eigenvalue weighted by Gasteiger charge is 2.39. The minimum absolute atomic E-state index is 0.125. The highest BCUT2D eigenvalue weighted by atomic mass is 16.2. The number of fused-ring (bicyclic) bond motifs is 1. The topological polar surface area (TPSA) is 97.9 Å². The van der Waals surface area contributed by atoms with Gasteiger partial charge in [-0.15, -0.1) is 0 Å². The molecule has 2 amide bonds. The second kappa shape index (κ2) is 7.14. The molecule has 1 aromatic carbocycles. The van der Waals surface area contributed by atoms with Crippen molar-refractivity contribution < 1.29 is 4.79 Å². The van der Waals surface area contributed by atoms with Crippen LogP contribution in [0.1, 0.15) is 35.0 Å². The first kappa shape index (κ1) is 18.3. The number of aryl methyl sites for hydroxylation is 3. The summed E-state index contributed by atoms with van der Waals surface area (Å²) < 4.78 is 2.10. The number of anilines is 1. The molecule has 2 aromatic heterocycles. The predicted octanol–water partition coefficient (Wildman–Crippen LogP) is 2.79. The maximum Gasteiger partial charge on any atom is 0.315 e. The van der Waals surface area contributed by atoms with Crippen LogP contribution in [0.15, 0.2) is 30.3 Å². The third kappa shape index (κ3) is 3.40. The van der Waals surface area contributed by atoms with Crippen LogP contribution < -0.4 is 16.4 Å². The third-order valence-electron chi connectivity index (χ3n) is 5.54. The molecule has 0 bridgehead atoms. The highest BCUT2D eigenvalue weighted by Crippen LogP contribution is 2.40. The molecule has 0 saturated heterocycles. The summed E-state index contributed by atoms with van der Waals surface area (Å²) in [5.74, 6) is 1.74. The Labute approximate surface area is 164 Å². The molecule has 0 aliphatic heterocycles. The number of carbonyl (C=O) groups is 1. The second-order valence-corrected chi connectivity index (χ2v) is 7.47. The molecule has 146 valence electrons. The van der Waals surface area contributed by atoms with Gasteiger partial charge in [0.25, 0.3) is 0 Å². The average Bonchev–Trinajstić information content (AvgIpc) is 3.35. The molecule has 3 aromatic rings. The van der Waals surface area contributed by atoms with E-state index >= 15 is 0 Å². The quantitative estimate of drug-likeness (QED) is 0.636. The molecule has 1 saturated carbocycles. The summed E-state index contributed by atoms with van der Waals surface area (Å²) in [7, 11) is 0. The van der Waals surface area contributed by atoms with Crippen molar-refractivity contribution in [2.75, 3.05) is 12.3 Å². The SMILES string of the molecule is Cc1nc(N)c2nc(C)n(CCNC(=O)N[C@@H]3C[C@H]3c3ccccc3)c2c1C. The van der Waals surface area contributed by atoms with Gasteiger partial charge in [-0.25, -0.2) is 14.8 Å². The van der Waals surface area contributed by atoms with Crippen molar-refractivity contribution in [3.63, 3.8) is 0 Å². The lowest BCUT2D eigenvalue weighted by Gasteiger charge is -2.12. The van der Waals surface area contributed by atoms with Crippen molar-refractivity contribution >= 4 is 22.9 Å². The van der Waals surface area contributed by atoms with Gasteiger partial charge in [0.1, 0.15) is 11.3 Å². The molecule has 4 N–H and O–H groups in total. The van der Waals surface area contributed by atoms with Gasteiger partial charge in [-0.3, -0.25) is 0 Å². The van der Waals surface area contributed by atoms with Crippen LogP contribution in [0, 0.1) is 20.8 Å². The lowest BCUT2D eigenvalue weighted by molar-refractivity contribution is 0.240. The largest absolute Gasteiger partial charge is 0.382 e. The van der Waals surface area contributed by atoms with Gasteiger partial charge in [-0.05, 0) is 38.3 Å². The van der Waals surface area contributed by atoms with Crippen LogP contribution in [0.3, 0.4) is 0 Å². The Morgan fingerprint density at radius 2 is 1.96 bits per heavy atom. The van der Waals surface area contributed by atoms with E-state index in [1.165, 1.54) is 5.56 Å². The van der Waals surface area contributed by atoms with Gasteiger partial charge in [-0.2, -0.15) is 0 Å². The lowest BCUT2D eigenvalue weighted by Crippen LogP contribution is -2.38. The molecule has 2 heterocycles. The van der Waals surface area contributed by atoms with Gasteiger partial charge >= 0.3 is 6.03 Å². The Morgan fingerprint density at radius 3 is 2.71 bits per heavy atom. The van der Waals surface area contributed by atoms with Crippen LogP contribution in [0.2, 0.25) is 0 Å². The van der Waals surface area contributed by atoms with Crippen molar-refractivity contribution in [3.8, 4) is 0 Å². The number of urea groups is 1. The summed E-state index contributed by atoms with van der Waals surface area (Å²) in [6.07, 6.45) is 0.994. The summed E-state index contributed by atoms with van der Waals surface area (Å²) in [5, 5.41) is 6.02. The molecule has 1 fully saturated rings. The van der Waals surface area contributed by atoms with E-state index in [1.807, 2.05) is 39.0 Å². The molecule has 7 nitrogen and oxygen atoms in total. The predicted molar refractivity (Wildman–Crippen MR) is 110 cm³/mol. The number of nitrogens with one attached hydrogen (secondary N) is 2. The van der Waals surface area contributed by atoms with Crippen LogP contribution in [0.25, 0.3) is 11.0 Å². The van der Waals surface area contributed by atoms with E-state index < -0.39 is 0 Å². The van der Waals surface area contributed by atoms with E-state index in [0.717, 1.165) is 34.5 Å². The number of pyridine rings is 1. The normalized spacial score (nSPS) is 18.2. The highest BCUT2D eigenvalue weighted by molar-refractivity contribution is 5.88. The van der Waals surface area contributed by atoms with Crippen molar-refractivity contribution in [3.05, 3.63) is 53.0 Å². The number of hydrogen-bond acceptors (Lipinski definition) is 4. The van der Waals surface area contributed by atoms with E-state index in [9.17, 15) is 4.79 Å². The van der Waals surface area contributed by atoms with Crippen molar-refractivity contribution in [2.45, 2.75) is 45.7 Å². The Hall–Kier alpha value is -3.09.